The highest BCUT2D eigenvalue weighted by Crippen LogP contribution is 2.38. The number of nitrogens with one attached hydrogen (secondary N) is 1. The molecule has 0 bridgehead atoms. The second-order valence-electron chi connectivity index (χ2n) is 8.01. The predicted octanol–water partition coefficient (Wildman–Crippen LogP) is 4.50. The van der Waals surface area contributed by atoms with Gasteiger partial charge in [-0.2, -0.15) is 0 Å². The number of nitrogens with zero attached hydrogens (tertiary/aromatic N) is 3. The fourth-order valence-corrected chi connectivity index (χ4v) is 4.67. The zero-order valence-electron chi connectivity index (χ0n) is 16.4. The van der Waals surface area contributed by atoms with Crippen molar-refractivity contribution in [3.63, 3.8) is 0 Å². The molecule has 152 valence electrons. The molecule has 1 aromatic carbocycles. The second kappa shape index (κ2) is 7.37. The Bertz CT molecular complexity index is 1050. The van der Waals surface area contributed by atoms with Crippen molar-refractivity contribution in [1.29, 1.82) is 0 Å². The summed E-state index contributed by atoms with van der Waals surface area (Å²) in [6.07, 6.45) is 4.68. The summed E-state index contributed by atoms with van der Waals surface area (Å²) in [7, 11) is 0. The van der Waals surface area contributed by atoms with Gasteiger partial charge in [0.05, 0.1) is 5.69 Å². The van der Waals surface area contributed by atoms with Crippen LogP contribution in [0.3, 0.4) is 0 Å². The molecule has 1 aliphatic heterocycles. The lowest BCUT2D eigenvalue weighted by molar-refractivity contribution is 0.149. The Hall–Kier alpha value is -2.54. The van der Waals surface area contributed by atoms with Gasteiger partial charge in [0.2, 0.25) is 0 Å². The number of aryl methyl sites for hydroxylation is 1. The number of rotatable bonds is 4. The van der Waals surface area contributed by atoms with Gasteiger partial charge in [-0.25, -0.2) is 18.7 Å². The molecule has 0 spiro atoms. The molecule has 5 nitrogen and oxygen atoms in total. The van der Waals surface area contributed by atoms with Crippen LogP contribution in [0.2, 0.25) is 0 Å². The van der Waals surface area contributed by atoms with E-state index in [0.29, 0.717) is 18.3 Å². The minimum atomic E-state index is -2.48. The fourth-order valence-electron chi connectivity index (χ4n) is 4.67. The number of ether oxygens (including phenoxy) is 1. The van der Waals surface area contributed by atoms with Crippen LogP contribution >= 0.6 is 0 Å². The van der Waals surface area contributed by atoms with Crippen LogP contribution in [0.1, 0.15) is 54.1 Å². The van der Waals surface area contributed by atoms with Crippen molar-refractivity contribution in [2.24, 2.45) is 0 Å². The quantitative estimate of drug-likeness (QED) is 0.703. The van der Waals surface area contributed by atoms with Crippen LogP contribution in [0.4, 0.5) is 8.78 Å². The summed E-state index contributed by atoms with van der Waals surface area (Å²) in [6.45, 7) is 3.47. The minimum Gasteiger partial charge on any atom is -0.490 e. The zero-order valence-corrected chi connectivity index (χ0v) is 16.4. The van der Waals surface area contributed by atoms with E-state index in [0.717, 1.165) is 60.1 Å². The van der Waals surface area contributed by atoms with E-state index in [2.05, 4.69) is 32.1 Å². The molecule has 1 saturated carbocycles. The Morgan fingerprint density at radius 3 is 3.00 bits per heavy atom. The normalized spacial score (nSPS) is 21.7. The van der Waals surface area contributed by atoms with E-state index in [1.165, 1.54) is 6.07 Å². The van der Waals surface area contributed by atoms with Crippen molar-refractivity contribution >= 4 is 11.0 Å². The van der Waals surface area contributed by atoms with Crippen molar-refractivity contribution in [1.82, 2.24) is 19.9 Å². The summed E-state index contributed by atoms with van der Waals surface area (Å²) in [4.78, 5) is 8.73. The molecule has 2 unspecified atom stereocenters. The molecule has 0 radical (unpaired) electrons. The van der Waals surface area contributed by atoms with Crippen molar-refractivity contribution in [3.8, 4) is 5.75 Å². The molecule has 2 aromatic heterocycles. The first-order valence-electron chi connectivity index (χ1n) is 10.2. The zero-order chi connectivity index (χ0) is 20.0. The third kappa shape index (κ3) is 3.37. The molecule has 5 rings (SSSR count). The Kier molecular flexibility index (Phi) is 4.70. The second-order valence-corrected chi connectivity index (χ2v) is 8.01. The van der Waals surface area contributed by atoms with Gasteiger partial charge in [-0.3, -0.25) is 0 Å². The van der Waals surface area contributed by atoms with E-state index in [4.69, 9.17) is 4.74 Å². The van der Waals surface area contributed by atoms with Crippen LogP contribution in [0.5, 0.6) is 5.75 Å². The number of fused-ring (bicyclic) bond motifs is 2. The Labute approximate surface area is 168 Å². The van der Waals surface area contributed by atoms with Crippen molar-refractivity contribution in [2.45, 2.75) is 57.7 Å². The number of halogens is 2. The first-order valence-corrected chi connectivity index (χ1v) is 10.2. The van der Waals surface area contributed by atoms with Crippen LogP contribution in [0.15, 0.2) is 30.7 Å². The lowest BCUT2D eigenvalue weighted by Crippen LogP contribution is -2.25. The molecule has 2 atom stereocenters. The van der Waals surface area contributed by atoms with E-state index >= 15 is 0 Å². The van der Waals surface area contributed by atoms with Gasteiger partial charge in [0.1, 0.15) is 23.8 Å². The number of alkyl halides is 2. The van der Waals surface area contributed by atoms with Gasteiger partial charge in [0.15, 0.2) is 0 Å². The molecule has 1 fully saturated rings. The predicted molar refractivity (Wildman–Crippen MR) is 106 cm³/mol. The fraction of sp³-hybridized carbons (Fsp3) is 0.455. The minimum absolute atomic E-state index is 0.0133. The SMILES string of the molecule is Cc1ncnc2c1ccn2C1CCC(Oc2cc(C(F)F)cc3c2CNCC3)C1. The Morgan fingerprint density at radius 2 is 2.14 bits per heavy atom. The summed E-state index contributed by atoms with van der Waals surface area (Å²) in [5, 5.41) is 4.40. The van der Waals surface area contributed by atoms with Crippen LogP contribution in [0.25, 0.3) is 11.0 Å². The van der Waals surface area contributed by atoms with Crippen molar-refractivity contribution < 1.29 is 13.5 Å². The average molecular weight is 398 g/mol. The maximum absolute atomic E-state index is 13.4. The molecule has 1 N–H and O–H groups in total. The summed E-state index contributed by atoms with van der Waals surface area (Å²) >= 11 is 0. The molecular formula is C22H24F2N4O. The summed E-state index contributed by atoms with van der Waals surface area (Å²) in [5.74, 6) is 0.617. The standard InChI is InChI=1S/C22H24F2N4O/c1-13-18-5-7-28(22(18)27-12-26-13)16-2-3-17(10-16)29-20-9-15(21(23)24)8-14-4-6-25-11-19(14)20/h5,7-9,12,16-17,21,25H,2-4,6,10-11H2,1H3. The van der Waals surface area contributed by atoms with E-state index in [-0.39, 0.29) is 11.7 Å². The van der Waals surface area contributed by atoms with Gasteiger partial charge in [-0.15, -0.1) is 0 Å². The largest absolute Gasteiger partial charge is 0.490 e. The molecular weight excluding hydrogens is 374 g/mol. The number of hydrogen-bond donors (Lipinski definition) is 1. The van der Waals surface area contributed by atoms with Gasteiger partial charge >= 0.3 is 0 Å². The maximum atomic E-state index is 13.4. The molecule has 3 heterocycles. The molecule has 2 aliphatic rings. The molecule has 3 aromatic rings. The van der Waals surface area contributed by atoms with E-state index in [1.807, 2.05) is 6.92 Å². The smallest absolute Gasteiger partial charge is 0.263 e. The molecule has 1 aliphatic carbocycles. The van der Waals surface area contributed by atoms with Gasteiger partial charge in [0, 0.05) is 41.7 Å². The summed E-state index contributed by atoms with van der Waals surface area (Å²) in [6, 6.07) is 5.52. The highest BCUT2D eigenvalue weighted by atomic mass is 19.3. The monoisotopic (exact) mass is 398 g/mol. The average Bonchev–Trinajstić information content (AvgIpc) is 3.35. The highest BCUT2D eigenvalue weighted by Gasteiger charge is 2.30. The van der Waals surface area contributed by atoms with Gasteiger partial charge in [-0.05, 0) is 56.5 Å². The van der Waals surface area contributed by atoms with E-state index in [1.54, 1.807) is 12.4 Å². The van der Waals surface area contributed by atoms with E-state index < -0.39 is 6.43 Å². The Balaban J connectivity index is 1.38. The van der Waals surface area contributed by atoms with Gasteiger partial charge in [-0.1, -0.05) is 0 Å². The third-order valence-electron chi connectivity index (χ3n) is 6.20. The lowest BCUT2D eigenvalue weighted by Gasteiger charge is -2.24. The molecule has 7 heteroatoms. The molecule has 29 heavy (non-hydrogen) atoms. The van der Waals surface area contributed by atoms with Crippen molar-refractivity contribution in [3.05, 3.63) is 53.1 Å². The highest BCUT2D eigenvalue weighted by molar-refractivity contribution is 5.78. The van der Waals surface area contributed by atoms with Crippen molar-refractivity contribution in [2.75, 3.05) is 6.54 Å². The molecule has 0 amide bonds. The lowest BCUT2D eigenvalue weighted by atomic mass is 9.97. The Morgan fingerprint density at radius 1 is 1.24 bits per heavy atom. The topological polar surface area (TPSA) is 52.0 Å². The van der Waals surface area contributed by atoms with Gasteiger partial charge in [0.25, 0.3) is 6.43 Å². The summed E-state index contributed by atoms with van der Waals surface area (Å²) < 4.78 is 35.3. The van der Waals surface area contributed by atoms with Crippen LogP contribution < -0.4 is 10.1 Å². The third-order valence-corrected chi connectivity index (χ3v) is 6.20. The first kappa shape index (κ1) is 18.5. The number of hydrogen-bond acceptors (Lipinski definition) is 4. The van der Waals surface area contributed by atoms with Crippen LogP contribution in [-0.2, 0) is 13.0 Å². The number of aromatic nitrogens is 3. The van der Waals surface area contributed by atoms with Crippen LogP contribution in [0, 0.1) is 6.92 Å². The maximum Gasteiger partial charge on any atom is 0.263 e. The summed E-state index contributed by atoms with van der Waals surface area (Å²) in [5.41, 5.74) is 3.99. The van der Waals surface area contributed by atoms with E-state index in [9.17, 15) is 8.78 Å². The molecule has 0 saturated heterocycles. The van der Waals surface area contributed by atoms with Crippen LogP contribution in [-0.4, -0.2) is 27.2 Å². The first-order chi connectivity index (χ1) is 14.1. The van der Waals surface area contributed by atoms with Gasteiger partial charge < -0.3 is 14.6 Å². The number of benzene rings is 1.